The van der Waals surface area contributed by atoms with Crippen molar-refractivity contribution < 1.29 is 4.74 Å². The van der Waals surface area contributed by atoms with Gasteiger partial charge in [0.25, 0.3) is 0 Å². The van der Waals surface area contributed by atoms with E-state index in [0.717, 1.165) is 38.3 Å². The fourth-order valence-corrected chi connectivity index (χ4v) is 2.27. The number of nitrogens with zero attached hydrogens (tertiary/aromatic N) is 1. The SMILES string of the molecule is CCCOc1ccc(C(N)CN(CC)C(C)CC)cc1. The third-order valence-corrected chi connectivity index (χ3v) is 3.83. The summed E-state index contributed by atoms with van der Waals surface area (Å²) in [6.07, 6.45) is 2.19. The molecule has 3 heteroatoms. The van der Waals surface area contributed by atoms with Gasteiger partial charge in [0.1, 0.15) is 5.75 Å². The number of hydrogen-bond acceptors (Lipinski definition) is 3. The standard InChI is InChI=1S/C17H30N2O/c1-5-12-20-16-10-8-15(9-11-16)17(18)13-19(7-3)14(4)6-2/h8-11,14,17H,5-7,12-13,18H2,1-4H3. The van der Waals surface area contributed by atoms with Crippen molar-refractivity contribution in [3.8, 4) is 5.75 Å². The van der Waals surface area contributed by atoms with Gasteiger partial charge in [-0.15, -0.1) is 0 Å². The van der Waals surface area contributed by atoms with Gasteiger partial charge < -0.3 is 10.5 Å². The molecule has 0 aliphatic carbocycles. The van der Waals surface area contributed by atoms with E-state index in [-0.39, 0.29) is 6.04 Å². The van der Waals surface area contributed by atoms with Crippen LogP contribution in [0.4, 0.5) is 0 Å². The van der Waals surface area contributed by atoms with Crippen LogP contribution in [0, 0.1) is 0 Å². The minimum absolute atomic E-state index is 0.0594. The molecule has 2 atom stereocenters. The molecule has 1 aromatic rings. The highest BCUT2D eigenvalue weighted by Gasteiger charge is 2.15. The molecular formula is C17H30N2O. The van der Waals surface area contributed by atoms with Crippen LogP contribution in [0.25, 0.3) is 0 Å². The van der Waals surface area contributed by atoms with Crippen molar-refractivity contribution in [3.05, 3.63) is 29.8 Å². The zero-order chi connectivity index (χ0) is 15.0. The lowest BCUT2D eigenvalue weighted by Crippen LogP contribution is -2.38. The number of likely N-dealkylation sites (N-methyl/N-ethyl adjacent to an activating group) is 1. The second-order valence-electron chi connectivity index (χ2n) is 5.37. The summed E-state index contributed by atoms with van der Waals surface area (Å²) in [7, 11) is 0. The lowest BCUT2D eigenvalue weighted by Gasteiger charge is -2.29. The minimum atomic E-state index is 0.0594. The van der Waals surface area contributed by atoms with Crippen molar-refractivity contribution in [2.24, 2.45) is 5.73 Å². The van der Waals surface area contributed by atoms with Gasteiger partial charge in [0.15, 0.2) is 0 Å². The Kier molecular flexibility index (Phi) is 7.63. The Balaban J connectivity index is 2.60. The largest absolute Gasteiger partial charge is 0.494 e. The summed E-state index contributed by atoms with van der Waals surface area (Å²) >= 11 is 0. The van der Waals surface area contributed by atoms with E-state index in [1.54, 1.807) is 0 Å². The van der Waals surface area contributed by atoms with Crippen LogP contribution in [-0.2, 0) is 0 Å². The third-order valence-electron chi connectivity index (χ3n) is 3.83. The first-order valence-electron chi connectivity index (χ1n) is 7.84. The molecule has 1 aromatic carbocycles. The molecule has 114 valence electrons. The molecule has 0 saturated heterocycles. The summed E-state index contributed by atoms with van der Waals surface area (Å²) in [6.45, 7) is 11.5. The zero-order valence-electron chi connectivity index (χ0n) is 13.4. The van der Waals surface area contributed by atoms with Gasteiger partial charge in [-0.25, -0.2) is 0 Å². The van der Waals surface area contributed by atoms with Crippen molar-refractivity contribution >= 4 is 0 Å². The van der Waals surface area contributed by atoms with Crippen LogP contribution in [-0.4, -0.2) is 30.6 Å². The molecule has 0 amide bonds. The molecule has 0 spiro atoms. The molecule has 0 aliphatic heterocycles. The molecule has 0 radical (unpaired) electrons. The Morgan fingerprint density at radius 1 is 1.15 bits per heavy atom. The van der Waals surface area contributed by atoms with E-state index in [9.17, 15) is 0 Å². The molecule has 0 fully saturated rings. The highest BCUT2D eigenvalue weighted by molar-refractivity contribution is 5.29. The topological polar surface area (TPSA) is 38.5 Å². The van der Waals surface area contributed by atoms with Crippen LogP contribution in [0.1, 0.15) is 52.1 Å². The maximum absolute atomic E-state index is 6.33. The summed E-state index contributed by atoms with van der Waals surface area (Å²) in [5, 5.41) is 0. The molecule has 0 aromatic heterocycles. The molecule has 3 nitrogen and oxygen atoms in total. The van der Waals surface area contributed by atoms with Crippen LogP contribution < -0.4 is 10.5 Å². The normalized spacial score (nSPS) is 14.3. The Bertz CT molecular complexity index is 364. The molecule has 2 N–H and O–H groups in total. The molecular weight excluding hydrogens is 248 g/mol. The first-order chi connectivity index (χ1) is 9.62. The molecule has 20 heavy (non-hydrogen) atoms. The fraction of sp³-hybridized carbons (Fsp3) is 0.647. The van der Waals surface area contributed by atoms with E-state index < -0.39 is 0 Å². The smallest absolute Gasteiger partial charge is 0.119 e. The predicted molar refractivity (Wildman–Crippen MR) is 86.2 cm³/mol. The van der Waals surface area contributed by atoms with Crippen molar-refractivity contribution in [1.29, 1.82) is 0 Å². The quantitative estimate of drug-likeness (QED) is 0.750. The van der Waals surface area contributed by atoms with Gasteiger partial charge >= 0.3 is 0 Å². The lowest BCUT2D eigenvalue weighted by molar-refractivity contribution is 0.202. The zero-order valence-corrected chi connectivity index (χ0v) is 13.4. The molecule has 0 heterocycles. The van der Waals surface area contributed by atoms with Crippen LogP contribution >= 0.6 is 0 Å². The maximum Gasteiger partial charge on any atom is 0.119 e. The van der Waals surface area contributed by atoms with E-state index in [4.69, 9.17) is 10.5 Å². The first-order valence-corrected chi connectivity index (χ1v) is 7.84. The minimum Gasteiger partial charge on any atom is -0.494 e. The fourth-order valence-electron chi connectivity index (χ4n) is 2.27. The Labute approximate surface area is 124 Å². The van der Waals surface area contributed by atoms with Gasteiger partial charge in [0.05, 0.1) is 6.61 Å². The second-order valence-corrected chi connectivity index (χ2v) is 5.37. The van der Waals surface area contributed by atoms with Crippen LogP contribution in [0.5, 0.6) is 5.75 Å². The third kappa shape index (κ3) is 5.14. The number of hydrogen-bond donors (Lipinski definition) is 1. The van der Waals surface area contributed by atoms with E-state index in [1.807, 2.05) is 12.1 Å². The Hall–Kier alpha value is -1.06. The van der Waals surface area contributed by atoms with E-state index in [1.165, 1.54) is 5.56 Å². The van der Waals surface area contributed by atoms with Crippen molar-refractivity contribution in [3.63, 3.8) is 0 Å². The summed E-state index contributed by atoms with van der Waals surface area (Å²) in [5.74, 6) is 0.928. The van der Waals surface area contributed by atoms with Crippen LogP contribution in [0.15, 0.2) is 24.3 Å². The lowest BCUT2D eigenvalue weighted by atomic mass is 10.1. The van der Waals surface area contributed by atoms with E-state index in [2.05, 4.69) is 44.7 Å². The number of nitrogens with two attached hydrogens (primary N) is 1. The summed E-state index contributed by atoms with van der Waals surface area (Å²) < 4.78 is 5.60. The molecule has 1 rings (SSSR count). The summed E-state index contributed by atoms with van der Waals surface area (Å²) in [4.78, 5) is 2.44. The van der Waals surface area contributed by atoms with Crippen molar-refractivity contribution in [2.75, 3.05) is 19.7 Å². The Morgan fingerprint density at radius 3 is 2.30 bits per heavy atom. The molecule has 0 bridgehead atoms. The number of benzene rings is 1. The van der Waals surface area contributed by atoms with Crippen molar-refractivity contribution in [2.45, 2.75) is 52.6 Å². The second kappa shape index (κ2) is 8.98. The highest BCUT2D eigenvalue weighted by atomic mass is 16.5. The van der Waals surface area contributed by atoms with Gasteiger partial charge in [-0.05, 0) is 44.0 Å². The van der Waals surface area contributed by atoms with Crippen molar-refractivity contribution in [1.82, 2.24) is 4.90 Å². The van der Waals surface area contributed by atoms with E-state index >= 15 is 0 Å². The molecule has 2 unspecified atom stereocenters. The summed E-state index contributed by atoms with van der Waals surface area (Å²) in [5.41, 5.74) is 7.51. The van der Waals surface area contributed by atoms with Gasteiger partial charge in [-0.3, -0.25) is 4.90 Å². The van der Waals surface area contributed by atoms with Gasteiger partial charge in [0, 0.05) is 18.6 Å². The average molecular weight is 278 g/mol. The van der Waals surface area contributed by atoms with Crippen LogP contribution in [0.3, 0.4) is 0 Å². The average Bonchev–Trinajstić information content (AvgIpc) is 2.50. The monoisotopic (exact) mass is 278 g/mol. The van der Waals surface area contributed by atoms with Gasteiger partial charge in [-0.2, -0.15) is 0 Å². The van der Waals surface area contributed by atoms with E-state index in [0.29, 0.717) is 6.04 Å². The molecule has 0 aliphatic rings. The van der Waals surface area contributed by atoms with Gasteiger partial charge in [-0.1, -0.05) is 32.9 Å². The predicted octanol–water partition coefficient (Wildman–Crippen LogP) is 3.60. The first kappa shape index (κ1) is 17.0. The molecule has 0 saturated carbocycles. The highest BCUT2D eigenvalue weighted by Crippen LogP contribution is 2.18. The Morgan fingerprint density at radius 2 is 1.80 bits per heavy atom. The van der Waals surface area contributed by atoms with Gasteiger partial charge in [0.2, 0.25) is 0 Å². The summed E-state index contributed by atoms with van der Waals surface area (Å²) in [6, 6.07) is 8.84. The number of rotatable bonds is 9. The maximum atomic E-state index is 6.33. The van der Waals surface area contributed by atoms with Crippen LogP contribution in [0.2, 0.25) is 0 Å². The number of ether oxygens (including phenoxy) is 1.